The summed E-state index contributed by atoms with van der Waals surface area (Å²) in [7, 11) is 1.71. The summed E-state index contributed by atoms with van der Waals surface area (Å²) in [6.07, 6.45) is 6.22. The molecular weight excluding hydrogens is 234 g/mol. The highest BCUT2D eigenvalue weighted by Crippen LogP contribution is 2.42. The zero-order valence-corrected chi connectivity index (χ0v) is 12.5. The molecule has 2 unspecified atom stereocenters. The third-order valence-electron chi connectivity index (χ3n) is 4.71. The Morgan fingerprint density at radius 3 is 2.84 bits per heavy atom. The van der Waals surface area contributed by atoms with Gasteiger partial charge in [0.25, 0.3) is 0 Å². The van der Waals surface area contributed by atoms with E-state index in [4.69, 9.17) is 10.5 Å². The quantitative estimate of drug-likeness (QED) is 0.895. The van der Waals surface area contributed by atoms with Gasteiger partial charge in [0.2, 0.25) is 0 Å². The summed E-state index contributed by atoms with van der Waals surface area (Å²) in [4.78, 5) is 0. The lowest BCUT2D eigenvalue weighted by Gasteiger charge is -2.42. The van der Waals surface area contributed by atoms with Crippen LogP contribution in [0, 0.1) is 11.3 Å². The SMILES string of the molecule is COc1cccc(CC(N)C2CCCCC2(C)C)c1. The largest absolute Gasteiger partial charge is 0.497 e. The minimum Gasteiger partial charge on any atom is -0.497 e. The van der Waals surface area contributed by atoms with Crippen molar-refractivity contribution in [1.82, 2.24) is 0 Å². The van der Waals surface area contributed by atoms with Gasteiger partial charge in [-0.05, 0) is 48.3 Å². The molecule has 0 heterocycles. The van der Waals surface area contributed by atoms with Gasteiger partial charge in [0.15, 0.2) is 0 Å². The molecule has 106 valence electrons. The Morgan fingerprint density at radius 2 is 2.16 bits per heavy atom. The molecule has 1 aliphatic rings. The molecule has 0 aromatic heterocycles. The average molecular weight is 261 g/mol. The molecule has 0 saturated heterocycles. The number of benzene rings is 1. The first-order valence-electron chi connectivity index (χ1n) is 7.41. The lowest BCUT2D eigenvalue weighted by atomic mass is 9.65. The molecule has 2 heteroatoms. The normalized spacial score (nSPS) is 23.9. The van der Waals surface area contributed by atoms with Crippen LogP contribution < -0.4 is 10.5 Å². The molecule has 2 atom stereocenters. The van der Waals surface area contributed by atoms with Crippen LogP contribution in [0.15, 0.2) is 24.3 Å². The lowest BCUT2D eigenvalue weighted by Crippen LogP contribution is -2.42. The van der Waals surface area contributed by atoms with Crippen LogP contribution in [0.2, 0.25) is 0 Å². The maximum Gasteiger partial charge on any atom is 0.119 e. The Labute approximate surface area is 117 Å². The van der Waals surface area contributed by atoms with E-state index in [0.717, 1.165) is 12.2 Å². The van der Waals surface area contributed by atoms with Crippen LogP contribution in [0.4, 0.5) is 0 Å². The molecule has 0 radical (unpaired) electrons. The van der Waals surface area contributed by atoms with Crippen molar-refractivity contribution in [3.8, 4) is 5.75 Å². The summed E-state index contributed by atoms with van der Waals surface area (Å²) in [6.45, 7) is 4.75. The Bertz CT molecular complexity index is 413. The Balaban J connectivity index is 2.05. The fraction of sp³-hybridized carbons (Fsp3) is 0.647. The highest BCUT2D eigenvalue weighted by molar-refractivity contribution is 5.29. The molecule has 2 nitrogen and oxygen atoms in total. The van der Waals surface area contributed by atoms with Crippen molar-refractivity contribution >= 4 is 0 Å². The highest BCUT2D eigenvalue weighted by atomic mass is 16.5. The van der Waals surface area contributed by atoms with Crippen molar-refractivity contribution < 1.29 is 4.74 Å². The molecule has 0 bridgehead atoms. The lowest BCUT2D eigenvalue weighted by molar-refractivity contribution is 0.112. The second-order valence-corrected chi connectivity index (χ2v) is 6.56. The second kappa shape index (κ2) is 5.96. The van der Waals surface area contributed by atoms with Crippen molar-refractivity contribution in [1.29, 1.82) is 0 Å². The molecular formula is C17H27NO. The van der Waals surface area contributed by atoms with Gasteiger partial charge in [0.1, 0.15) is 5.75 Å². The topological polar surface area (TPSA) is 35.2 Å². The van der Waals surface area contributed by atoms with Crippen LogP contribution in [0.3, 0.4) is 0 Å². The monoisotopic (exact) mass is 261 g/mol. The van der Waals surface area contributed by atoms with Gasteiger partial charge in [-0.2, -0.15) is 0 Å². The van der Waals surface area contributed by atoms with E-state index in [-0.39, 0.29) is 6.04 Å². The number of rotatable bonds is 4. The molecule has 2 N–H and O–H groups in total. The smallest absolute Gasteiger partial charge is 0.119 e. The van der Waals surface area contributed by atoms with E-state index in [1.165, 1.54) is 31.2 Å². The van der Waals surface area contributed by atoms with E-state index in [9.17, 15) is 0 Å². The molecule has 0 aliphatic heterocycles. The first-order valence-corrected chi connectivity index (χ1v) is 7.41. The first-order chi connectivity index (χ1) is 9.03. The summed E-state index contributed by atoms with van der Waals surface area (Å²) < 4.78 is 5.28. The third-order valence-corrected chi connectivity index (χ3v) is 4.71. The summed E-state index contributed by atoms with van der Waals surface area (Å²) in [5.41, 5.74) is 8.18. The van der Waals surface area contributed by atoms with E-state index < -0.39 is 0 Å². The average Bonchev–Trinajstić information content (AvgIpc) is 2.38. The summed E-state index contributed by atoms with van der Waals surface area (Å²) >= 11 is 0. The van der Waals surface area contributed by atoms with Crippen LogP contribution in [-0.4, -0.2) is 13.2 Å². The molecule has 1 aliphatic carbocycles. The third kappa shape index (κ3) is 3.50. The predicted octanol–water partition coefficient (Wildman–Crippen LogP) is 3.78. The van der Waals surface area contributed by atoms with Crippen molar-refractivity contribution in [2.75, 3.05) is 7.11 Å². The minimum absolute atomic E-state index is 0.252. The molecule has 1 aromatic rings. The fourth-order valence-corrected chi connectivity index (χ4v) is 3.53. The second-order valence-electron chi connectivity index (χ2n) is 6.56. The van der Waals surface area contributed by atoms with E-state index in [1.54, 1.807) is 7.11 Å². The van der Waals surface area contributed by atoms with E-state index in [1.807, 2.05) is 12.1 Å². The van der Waals surface area contributed by atoms with Gasteiger partial charge in [0.05, 0.1) is 7.11 Å². The zero-order valence-electron chi connectivity index (χ0n) is 12.5. The Kier molecular flexibility index (Phi) is 4.51. The van der Waals surface area contributed by atoms with Crippen molar-refractivity contribution in [3.05, 3.63) is 29.8 Å². The molecule has 19 heavy (non-hydrogen) atoms. The zero-order chi connectivity index (χ0) is 13.9. The number of nitrogens with two attached hydrogens (primary N) is 1. The minimum atomic E-state index is 0.252. The van der Waals surface area contributed by atoms with Gasteiger partial charge in [-0.1, -0.05) is 38.8 Å². The van der Waals surface area contributed by atoms with Gasteiger partial charge in [-0.15, -0.1) is 0 Å². The molecule has 1 aromatic carbocycles. The van der Waals surface area contributed by atoms with Gasteiger partial charge in [-0.3, -0.25) is 0 Å². The van der Waals surface area contributed by atoms with Gasteiger partial charge in [-0.25, -0.2) is 0 Å². The number of hydrogen-bond donors (Lipinski definition) is 1. The van der Waals surface area contributed by atoms with Crippen LogP contribution in [0.1, 0.15) is 45.1 Å². The van der Waals surface area contributed by atoms with Crippen LogP contribution in [0.25, 0.3) is 0 Å². The summed E-state index contributed by atoms with van der Waals surface area (Å²) in [6, 6.07) is 8.54. The van der Waals surface area contributed by atoms with Crippen LogP contribution in [-0.2, 0) is 6.42 Å². The fourth-order valence-electron chi connectivity index (χ4n) is 3.53. The van der Waals surface area contributed by atoms with Crippen LogP contribution in [0.5, 0.6) is 5.75 Å². The molecule has 1 fully saturated rings. The number of hydrogen-bond acceptors (Lipinski definition) is 2. The summed E-state index contributed by atoms with van der Waals surface area (Å²) in [5, 5.41) is 0. The molecule has 0 spiro atoms. The van der Waals surface area contributed by atoms with E-state index >= 15 is 0 Å². The maximum atomic E-state index is 6.51. The van der Waals surface area contributed by atoms with Crippen LogP contribution >= 0.6 is 0 Å². The van der Waals surface area contributed by atoms with E-state index in [2.05, 4.69) is 26.0 Å². The Hall–Kier alpha value is -1.02. The molecule has 1 saturated carbocycles. The molecule has 2 rings (SSSR count). The first kappa shape index (κ1) is 14.4. The standard InChI is InChI=1S/C17H27NO/c1-17(2)10-5-4-9-15(17)16(18)12-13-7-6-8-14(11-13)19-3/h6-8,11,15-16H,4-5,9-10,12,18H2,1-3H3. The van der Waals surface area contributed by atoms with Crippen molar-refractivity contribution in [2.45, 2.75) is 52.0 Å². The van der Waals surface area contributed by atoms with E-state index in [0.29, 0.717) is 11.3 Å². The van der Waals surface area contributed by atoms with Gasteiger partial charge < -0.3 is 10.5 Å². The maximum absolute atomic E-state index is 6.51. The number of methoxy groups -OCH3 is 1. The number of ether oxygens (including phenoxy) is 1. The Morgan fingerprint density at radius 1 is 1.37 bits per heavy atom. The summed E-state index contributed by atoms with van der Waals surface area (Å²) in [5.74, 6) is 1.56. The van der Waals surface area contributed by atoms with Crippen molar-refractivity contribution in [2.24, 2.45) is 17.1 Å². The van der Waals surface area contributed by atoms with Crippen molar-refractivity contribution in [3.63, 3.8) is 0 Å². The van der Waals surface area contributed by atoms with Gasteiger partial charge in [0, 0.05) is 6.04 Å². The van der Waals surface area contributed by atoms with Gasteiger partial charge >= 0.3 is 0 Å². The predicted molar refractivity (Wildman–Crippen MR) is 80.4 cm³/mol. The molecule has 0 amide bonds. The highest BCUT2D eigenvalue weighted by Gasteiger charge is 2.35.